The highest BCUT2D eigenvalue weighted by molar-refractivity contribution is 7.99. The van der Waals surface area contributed by atoms with Crippen LogP contribution in [0.3, 0.4) is 0 Å². The molecule has 0 aliphatic rings. The number of carbonyl (C=O) groups is 1. The monoisotopic (exact) mass is 347 g/mol. The van der Waals surface area contributed by atoms with Gasteiger partial charge >= 0.3 is 6.03 Å². The maximum absolute atomic E-state index is 12.2. The number of carbonyl (C=O) groups excluding carboxylic acids is 1. The van der Waals surface area contributed by atoms with Crippen molar-refractivity contribution in [1.29, 1.82) is 0 Å². The van der Waals surface area contributed by atoms with Crippen LogP contribution in [0.25, 0.3) is 0 Å². The Morgan fingerprint density at radius 2 is 2.12 bits per heavy atom. The van der Waals surface area contributed by atoms with Crippen molar-refractivity contribution >= 4 is 23.5 Å². The van der Waals surface area contributed by atoms with Gasteiger partial charge in [-0.15, -0.1) is 22.0 Å². The zero-order valence-corrected chi connectivity index (χ0v) is 15.6. The molecule has 0 bridgehead atoms. The summed E-state index contributed by atoms with van der Waals surface area (Å²) in [6.45, 7) is 8.28. The van der Waals surface area contributed by atoms with Gasteiger partial charge in [0, 0.05) is 22.9 Å². The number of rotatable bonds is 6. The van der Waals surface area contributed by atoms with E-state index >= 15 is 0 Å². The molecule has 0 saturated carbocycles. The second-order valence-corrected chi connectivity index (χ2v) is 7.45. The SMILES string of the molecule is CC[C@@H](C)Sc1ccc(NC(=O)N[C@@H](C)c2nncn2C)c(C)c1. The number of nitrogens with one attached hydrogen (secondary N) is 2. The van der Waals surface area contributed by atoms with Crippen LogP contribution in [0.2, 0.25) is 0 Å². The van der Waals surface area contributed by atoms with Crippen LogP contribution in [0.5, 0.6) is 0 Å². The Bertz CT molecular complexity index is 700. The van der Waals surface area contributed by atoms with Crippen LogP contribution in [-0.2, 0) is 7.05 Å². The summed E-state index contributed by atoms with van der Waals surface area (Å²) < 4.78 is 1.79. The van der Waals surface area contributed by atoms with E-state index in [4.69, 9.17) is 0 Å². The van der Waals surface area contributed by atoms with Crippen molar-refractivity contribution in [1.82, 2.24) is 20.1 Å². The number of hydrogen-bond acceptors (Lipinski definition) is 4. The predicted octanol–water partition coefficient (Wildman–Crippen LogP) is 3.90. The molecule has 2 N–H and O–H groups in total. The Morgan fingerprint density at radius 3 is 2.71 bits per heavy atom. The topological polar surface area (TPSA) is 71.8 Å². The first-order valence-electron chi connectivity index (χ1n) is 8.09. The van der Waals surface area contributed by atoms with Gasteiger partial charge in [-0.1, -0.05) is 13.8 Å². The number of nitrogens with zero attached hydrogens (tertiary/aromatic N) is 3. The van der Waals surface area contributed by atoms with E-state index in [1.54, 1.807) is 10.9 Å². The van der Waals surface area contributed by atoms with Crippen molar-refractivity contribution in [3.8, 4) is 0 Å². The standard InChI is InChI=1S/C17H25N5OS/c1-6-12(3)24-14-7-8-15(11(2)9-14)20-17(23)19-13(4)16-21-18-10-22(16)5/h7-10,12-13H,6H2,1-5H3,(H2,19,20,23)/t12-,13+/m1/s1. The normalized spacial score (nSPS) is 13.4. The minimum atomic E-state index is -0.254. The molecule has 130 valence electrons. The zero-order chi connectivity index (χ0) is 17.7. The van der Waals surface area contributed by atoms with Crippen LogP contribution in [-0.4, -0.2) is 26.0 Å². The van der Waals surface area contributed by atoms with Gasteiger partial charge in [-0.05, 0) is 44.0 Å². The number of benzene rings is 1. The molecular formula is C17H25N5OS. The Morgan fingerprint density at radius 1 is 1.38 bits per heavy atom. The first kappa shape index (κ1) is 18.3. The fourth-order valence-electron chi connectivity index (χ4n) is 2.27. The minimum absolute atomic E-state index is 0.224. The second-order valence-electron chi connectivity index (χ2n) is 5.93. The quantitative estimate of drug-likeness (QED) is 0.778. The van der Waals surface area contributed by atoms with E-state index < -0.39 is 0 Å². The van der Waals surface area contributed by atoms with Crippen molar-refractivity contribution in [3.05, 3.63) is 35.9 Å². The van der Waals surface area contributed by atoms with E-state index in [0.717, 1.165) is 17.7 Å². The van der Waals surface area contributed by atoms with Crippen LogP contribution in [0.4, 0.5) is 10.5 Å². The molecule has 7 heteroatoms. The van der Waals surface area contributed by atoms with Gasteiger partial charge in [0.05, 0.1) is 6.04 Å². The predicted molar refractivity (Wildman–Crippen MR) is 98.4 cm³/mol. The van der Waals surface area contributed by atoms with E-state index in [9.17, 15) is 4.79 Å². The molecule has 6 nitrogen and oxygen atoms in total. The summed E-state index contributed by atoms with van der Waals surface area (Å²) in [6.07, 6.45) is 2.75. The van der Waals surface area contributed by atoms with Crippen molar-refractivity contribution in [2.24, 2.45) is 7.05 Å². The van der Waals surface area contributed by atoms with Crippen molar-refractivity contribution < 1.29 is 4.79 Å². The van der Waals surface area contributed by atoms with Crippen LogP contribution >= 0.6 is 11.8 Å². The first-order valence-corrected chi connectivity index (χ1v) is 8.97. The van der Waals surface area contributed by atoms with E-state index in [2.05, 4.69) is 40.7 Å². The number of anilines is 1. The molecule has 0 radical (unpaired) electrons. The van der Waals surface area contributed by atoms with Crippen molar-refractivity contribution in [2.45, 2.75) is 50.3 Å². The van der Waals surface area contributed by atoms with Crippen molar-refractivity contribution in [3.63, 3.8) is 0 Å². The van der Waals surface area contributed by atoms with Crippen LogP contribution in [0.1, 0.15) is 44.6 Å². The molecule has 1 heterocycles. The molecule has 0 aliphatic heterocycles. The second kappa shape index (κ2) is 8.19. The third kappa shape index (κ3) is 4.74. The summed E-state index contributed by atoms with van der Waals surface area (Å²) >= 11 is 1.85. The van der Waals surface area contributed by atoms with Gasteiger partial charge in [-0.2, -0.15) is 0 Å². The summed E-state index contributed by atoms with van der Waals surface area (Å²) in [6, 6.07) is 5.63. The maximum Gasteiger partial charge on any atom is 0.319 e. The van der Waals surface area contributed by atoms with Crippen molar-refractivity contribution in [2.75, 3.05) is 5.32 Å². The fraction of sp³-hybridized carbons (Fsp3) is 0.471. The number of aromatic nitrogens is 3. The fourth-order valence-corrected chi connectivity index (χ4v) is 3.29. The maximum atomic E-state index is 12.2. The summed E-state index contributed by atoms with van der Waals surface area (Å²) in [5, 5.41) is 14.2. The van der Waals surface area contributed by atoms with Gasteiger partial charge in [0.2, 0.25) is 0 Å². The molecule has 0 fully saturated rings. The number of amides is 2. The van der Waals surface area contributed by atoms with Gasteiger partial charge in [-0.3, -0.25) is 0 Å². The lowest BCUT2D eigenvalue weighted by Crippen LogP contribution is -2.32. The van der Waals surface area contributed by atoms with E-state index in [1.807, 2.05) is 44.8 Å². The molecule has 0 aliphatic carbocycles. The highest BCUT2D eigenvalue weighted by Crippen LogP contribution is 2.28. The molecule has 2 amide bonds. The molecule has 0 unspecified atom stereocenters. The molecule has 1 aromatic heterocycles. The van der Waals surface area contributed by atoms with Crippen LogP contribution in [0.15, 0.2) is 29.4 Å². The van der Waals surface area contributed by atoms with Gasteiger partial charge in [0.15, 0.2) is 5.82 Å². The first-order chi connectivity index (χ1) is 11.4. The van der Waals surface area contributed by atoms with Gasteiger partial charge in [-0.25, -0.2) is 4.79 Å². The smallest absolute Gasteiger partial charge is 0.319 e. The van der Waals surface area contributed by atoms with Crippen LogP contribution in [0, 0.1) is 6.92 Å². The molecule has 0 saturated heterocycles. The Hall–Kier alpha value is -2.02. The van der Waals surface area contributed by atoms with Gasteiger partial charge in [0.1, 0.15) is 6.33 Å². The Kier molecular flexibility index (Phi) is 6.25. The van der Waals surface area contributed by atoms with Gasteiger partial charge in [0.25, 0.3) is 0 Å². The molecule has 1 aromatic carbocycles. The van der Waals surface area contributed by atoms with Gasteiger partial charge < -0.3 is 15.2 Å². The van der Waals surface area contributed by atoms with E-state index in [1.165, 1.54) is 4.90 Å². The summed E-state index contributed by atoms with van der Waals surface area (Å²) in [4.78, 5) is 13.4. The summed E-state index contributed by atoms with van der Waals surface area (Å²) in [7, 11) is 1.85. The number of aryl methyl sites for hydroxylation is 2. The molecule has 2 aromatic rings. The summed E-state index contributed by atoms with van der Waals surface area (Å²) in [5.74, 6) is 0.710. The van der Waals surface area contributed by atoms with E-state index in [0.29, 0.717) is 11.1 Å². The molecule has 24 heavy (non-hydrogen) atoms. The Balaban J connectivity index is 1.97. The highest BCUT2D eigenvalue weighted by atomic mass is 32.2. The average Bonchev–Trinajstić information content (AvgIpc) is 2.96. The lowest BCUT2D eigenvalue weighted by Gasteiger charge is -2.16. The highest BCUT2D eigenvalue weighted by Gasteiger charge is 2.15. The largest absolute Gasteiger partial charge is 0.328 e. The average molecular weight is 347 g/mol. The third-order valence-electron chi connectivity index (χ3n) is 3.84. The molecule has 2 atom stereocenters. The Labute approximate surface area is 147 Å². The number of thioether (sulfide) groups is 1. The van der Waals surface area contributed by atoms with E-state index in [-0.39, 0.29) is 12.1 Å². The zero-order valence-electron chi connectivity index (χ0n) is 14.8. The third-order valence-corrected chi connectivity index (χ3v) is 5.10. The molecule has 0 spiro atoms. The number of urea groups is 1. The number of hydrogen-bond donors (Lipinski definition) is 2. The minimum Gasteiger partial charge on any atom is -0.328 e. The molecule has 2 rings (SSSR count). The lowest BCUT2D eigenvalue weighted by molar-refractivity contribution is 0.248. The lowest BCUT2D eigenvalue weighted by atomic mass is 10.2. The summed E-state index contributed by atoms with van der Waals surface area (Å²) in [5.41, 5.74) is 1.86. The van der Waals surface area contributed by atoms with Crippen LogP contribution < -0.4 is 10.6 Å². The molecular weight excluding hydrogens is 322 g/mol.